The van der Waals surface area contributed by atoms with Crippen molar-refractivity contribution in [3.8, 4) is 0 Å². The van der Waals surface area contributed by atoms with E-state index in [0.717, 1.165) is 0 Å². The first-order chi connectivity index (χ1) is 10.3. The monoisotopic (exact) mass is 346 g/mol. The predicted molar refractivity (Wildman–Crippen MR) is 80.6 cm³/mol. The quantitative estimate of drug-likeness (QED) is 0.762. The Kier molecular flexibility index (Phi) is 5.18. The summed E-state index contributed by atoms with van der Waals surface area (Å²) in [7, 11) is -4.00. The third kappa shape index (κ3) is 4.51. The second-order valence-corrected chi connectivity index (χ2v) is 7.87. The number of sulfone groups is 1. The topological polar surface area (TPSA) is 34.1 Å². The van der Waals surface area contributed by atoms with Gasteiger partial charge in [-0.15, -0.1) is 11.8 Å². The molecule has 0 amide bonds. The Morgan fingerprint density at radius 1 is 0.909 bits per heavy atom. The molecule has 22 heavy (non-hydrogen) atoms. The van der Waals surface area contributed by atoms with Crippen LogP contribution in [0.5, 0.6) is 0 Å². The third-order valence-electron chi connectivity index (χ3n) is 2.86. The van der Waals surface area contributed by atoms with Crippen molar-refractivity contribution >= 4 is 21.6 Å². The Balaban J connectivity index is 2.24. The molecule has 0 saturated carbocycles. The van der Waals surface area contributed by atoms with Crippen LogP contribution in [0.4, 0.5) is 13.2 Å². The van der Waals surface area contributed by atoms with Gasteiger partial charge in [-0.05, 0) is 24.3 Å². The molecule has 2 aromatic rings. The summed E-state index contributed by atoms with van der Waals surface area (Å²) >= 11 is 0.513. The fourth-order valence-electron chi connectivity index (χ4n) is 1.78. The summed E-state index contributed by atoms with van der Waals surface area (Å²) in [6.45, 7) is 0. The second kappa shape index (κ2) is 6.75. The van der Waals surface area contributed by atoms with Gasteiger partial charge in [-0.2, -0.15) is 13.2 Å². The standard InChI is InChI=1S/C15H13F3O2S2/c16-15(17,18)14(21-12-7-3-1-4-8-12)11-22(19,20)13-9-5-2-6-10-13/h1-10,14H,11H2/t14-/m1/s1. The highest BCUT2D eigenvalue weighted by atomic mass is 32.2. The summed E-state index contributed by atoms with van der Waals surface area (Å²) in [6, 6.07) is 15.2. The van der Waals surface area contributed by atoms with Gasteiger partial charge >= 0.3 is 6.18 Å². The van der Waals surface area contributed by atoms with Crippen molar-refractivity contribution in [2.75, 3.05) is 5.75 Å². The van der Waals surface area contributed by atoms with E-state index in [0.29, 0.717) is 16.7 Å². The smallest absolute Gasteiger partial charge is 0.224 e. The van der Waals surface area contributed by atoms with Gasteiger partial charge in [0.25, 0.3) is 0 Å². The molecule has 0 saturated heterocycles. The van der Waals surface area contributed by atoms with Crippen LogP contribution in [0.3, 0.4) is 0 Å². The van der Waals surface area contributed by atoms with Gasteiger partial charge in [-0.1, -0.05) is 36.4 Å². The van der Waals surface area contributed by atoms with Crippen molar-refractivity contribution in [2.24, 2.45) is 0 Å². The maximum atomic E-state index is 13.2. The number of benzene rings is 2. The summed E-state index contributed by atoms with van der Waals surface area (Å²) in [5, 5.41) is -2.01. The predicted octanol–water partition coefficient (Wildman–Crippen LogP) is 4.18. The number of halogens is 3. The SMILES string of the molecule is O=S(=O)(C[C@@H](Sc1ccccc1)C(F)(F)F)c1ccccc1. The molecule has 118 valence electrons. The van der Waals surface area contributed by atoms with Crippen molar-refractivity contribution < 1.29 is 21.6 Å². The van der Waals surface area contributed by atoms with Crippen LogP contribution in [0, 0.1) is 0 Å². The van der Waals surface area contributed by atoms with E-state index < -0.39 is 27.0 Å². The largest absolute Gasteiger partial charge is 0.401 e. The summed E-state index contributed by atoms with van der Waals surface area (Å²) < 4.78 is 63.8. The summed E-state index contributed by atoms with van der Waals surface area (Å²) in [4.78, 5) is 0.283. The molecular weight excluding hydrogens is 333 g/mol. The van der Waals surface area contributed by atoms with Gasteiger partial charge in [0, 0.05) is 4.90 Å². The zero-order chi connectivity index (χ0) is 16.2. The van der Waals surface area contributed by atoms with Gasteiger partial charge < -0.3 is 0 Å². The number of alkyl halides is 3. The van der Waals surface area contributed by atoms with Crippen LogP contribution in [-0.4, -0.2) is 25.6 Å². The Labute approximate surface area is 131 Å². The molecule has 0 heterocycles. The molecule has 0 bridgehead atoms. The van der Waals surface area contributed by atoms with E-state index in [-0.39, 0.29) is 4.90 Å². The number of hydrogen-bond donors (Lipinski definition) is 0. The first-order valence-corrected chi connectivity index (χ1v) is 8.88. The maximum Gasteiger partial charge on any atom is 0.401 e. The molecule has 0 aliphatic heterocycles. The zero-order valence-electron chi connectivity index (χ0n) is 11.3. The maximum absolute atomic E-state index is 13.2. The summed E-state index contributed by atoms with van der Waals surface area (Å²) in [5.41, 5.74) is 0. The number of thioether (sulfide) groups is 1. The average molecular weight is 346 g/mol. The molecule has 0 radical (unpaired) electrons. The summed E-state index contributed by atoms with van der Waals surface area (Å²) in [5.74, 6) is -0.986. The van der Waals surface area contributed by atoms with E-state index in [2.05, 4.69) is 0 Å². The van der Waals surface area contributed by atoms with Gasteiger partial charge in [0.1, 0.15) is 5.25 Å². The van der Waals surface area contributed by atoms with Crippen LogP contribution in [0.1, 0.15) is 0 Å². The Bertz CT molecular complexity index is 699. The average Bonchev–Trinajstić information content (AvgIpc) is 2.47. The highest BCUT2D eigenvalue weighted by Gasteiger charge is 2.43. The molecule has 0 N–H and O–H groups in total. The van der Waals surface area contributed by atoms with Gasteiger partial charge in [0.2, 0.25) is 0 Å². The van der Waals surface area contributed by atoms with E-state index in [4.69, 9.17) is 0 Å². The lowest BCUT2D eigenvalue weighted by atomic mass is 10.4. The molecule has 0 aliphatic rings. The van der Waals surface area contributed by atoms with Gasteiger partial charge in [0.15, 0.2) is 9.84 Å². The zero-order valence-corrected chi connectivity index (χ0v) is 13.0. The second-order valence-electron chi connectivity index (χ2n) is 4.56. The minimum Gasteiger partial charge on any atom is -0.224 e. The Morgan fingerprint density at radius 2 is 1.41 bits per heavy atom. The van der Waals surface area contributed by atoms with Gasteiger partial charge in [-0.25, -0.2) is 8.42 Å². The van der Waals surface area contributed by atoms with Crippen molar-refractivity contribution in [3.63, 3.8) is 0 Å². The molecule has 0 unspecified atom stereocenters. The molecule has 0 aliphatic carbocycles. The summed E-state index contributed by atoms with van der Waals surface area (Å²) in [6.07, 6.45) is -4.61. The van der Waals surface area contributed by atoms with Crippen molar-refractivity contribution in [3.05, 3.63) is 60.7 Å². The van der Waals surface area contributed by atoms with Gasteiger partial charge in [-0.3, -0.25) is 0 Å². The molecular formula is C15H13F3O2S2. The fourth-order valence-corrected chi connectivity index (χ4v) is 4.72. The Morgan fingerprint density at radius 3 is 1.91 bits per heavy atom. The van der Waals surface area contributed by atoms with E-state index in [1.165, 1.54) is 36.4 Å². The van der Waals surface area contributed by atoms with Crippen LogP contribution in [0.15, 0.2) is 70.5 Å². The van der Waals surface area contributed by atoms with Crippen LogP contribution >= 0.6 is 11.8 Å². The van der Waals surface area contributed by atoms with Crippen LogP contribution in [0.2, 0.25) is 0 Å². The third-order valence-corrected chi connectivity index (χ3v) is 6.10. The first kappa shape index (κ1) is 16.9. The van der Waals surface area contributed by atoms with Crippen LogP contribution in [-0.2, 0) is 9.84 Å². The van der Waals surface area contributed by atoms with Crippen molar-refractivity contribution in [1.29, 1.82) is 0 Å². The van der Waals surface area contributed by atoms with E-state index in [9.17, 15) is 21.6 Å². The van der Waals surface area contributed by atoms with Crippen molar-refractivity contribution in [2.45, 2.75) is 21.2 Å². The highest BCUT2D eigenvalue weighted by Crippen LogP contribution is 2.36. The van der Waals surface area contributed by atoms with E-state index in [1.54, 1.807) is 24.3 Å². The van der Waals surface area contributed by atoms with Crippen LogP contribution in [0.25, 0.3) is 0 Å². The number of rotatable bonds is 5. The number of hydrogen-bond acceptors (Lipinski definition) is 3. The lowest BCUT2D eigenvalue weighted by Gasteiger charge is -2.19. The minimum atomic E-state index is -4.61. The fraction of sp³-hybridized carbons (Fsp3) is 0.200. The van der Waals surface area contributed by atoms with Crippen molar-refractivity contribution in [1.82, 2.24) is 0 Å². The normalized spacial score (nSPS) is 13.8. The lowest BCUT2D eigenvalue weighted by molar-refractivity contribution is -0.124. The molecule has 2 rings (SSSR count). The molecule has 2 nitrogen and oxygen atoms in total. The molecule has 0 fully saturated rings. The molecule has 1 atom stereocenters. The van der Waals surface area contributed by atoms with E-state index in [1.807, 2.05) is 0 Å². The highest BCUT2D eigenvalue weighted by molar-refractivity contribution is 8.01. The molecule has 2 aromatic carbocycles. The van der Waals surface area contributed by atoms with Crippen LogP contribution < -0.4 is 0 Å². The molecule has 0 spiro atoms. The lowest BCUT2D eigenvalue weighted by Crippen LogP contribution is -2.33. The van der Waals surface area contributed by atoms with Gasteiger partial charge in [0.05, 0.1) is 10.6 Å². The Hall–Kier alpha value is -1.47. The minimum absolute atomic E-state index is 0.0992. The first-order valence-electron chi connectivity index (χ1n) is 6.35. The molecule has 0 aromatic heterocycles. The molecule has 7 heteroatoms. The van der Waals surface area contributed by atoms with E-state index >= 15 is 0 Å².